The van der Waals surface area contributed by atoms with Crippen molar-refractivity contribution in [3.63, 3.8) is 0 Å². The van der Waals surface area contributed by atoms with Crippen LogP contribution >= 0.6 is 0 Å². The summed E-state index contributed by atoms with van der Waals surface area (Å²) in [5.74, 6) is 1.62. The highest BCUT2D eigenvalue weighted by Gasteiger charge is 2.72. The van der Waals surface area contributed by atoms with Gasteiger partial charge in [0.05, 0.1) is 11.5 Å². The molecule has 23 heavy (non-hydrogen) atoms. The number of aromatic nitrogens is 2. The molecule has 4 saturated carbocycles. The van der Waals surface area contributed by atoms with E-state index in [0.29, 0.717) is 11.7 Å². The summed E-state index contributed by atoms with van der Waals surface area (Å²) in [7, 11) is 0. The standard InChI is InChI=1S/C16H23N3O4/c1-14(2,3)22-13(21)18-16-6-15(7-16,8-16)12-17-11(19-23-12)9-4-10(20)5-9/h9-10,20H,4-8H2,1-3H3,(H,18,21)/t9-,10+,15?,16?. The van der Waals surface area contributed by atoms with E-state index in [2.05, 4.69) is 15.5 Å². The molecule has 2 N–H and O–H groups in total. The molecule has 7 nitrogen and oxygen atoms in total. The van der Waals surface area contributed by atoms with Gasteiger partial charge in [-0.15, -0.1) is 0 Å². The van der Waals surface area contributed by atoms with Crippen molar-refractivity contribution in [2.45, 2.75) is 81.5 Å². The van der Waals surface area contributed by atoms with Gasteiger partial charge in [0.15, 0.2) is 5.82 Å². The number of carbonyl (C=O) groups is 1. The lowest BCUT2D eigenvalue weighted by Gasteiger charge is -2.68. The fourth-order valence-electron chi connectivity index (χ4n) is 4.08. The van der Waals surface area contributed by atoms with Crippen LogP contribution in [0.15, 0.2) is 4.52 Å². The molecule has 5 rings (SSSR count). The highest BCUT2D eigenvalue weighted by atomic mass is 16.6. The zero-order valence-electron chi connectivity index (χ0n) is 13.8. The quantitative estimate of drug-likeness (QED) is 0.884. The molecule has 0 aromatic carbocycles. The highest BCUT2D eigenvalue weighted by Crippen LogP contribution is 2.67. The van der Waals surface area contributed by atoms with Crippen LogP contribution in [0.2, 0.25) is 0 Å². The Labute approximate surface area is 134 Å². The molecule has 4 fully saturated rings. The van der Waals surface area contributed by atoms with Crippen LogP contribution < -0.4 is 5.32 Å². The molecule has 0 aliphatic heterocycles. The van der Waals surface area contributed by atoms with Crippen molar-refractivity contribution in [1.29, 1.82) is 0 Å². The maximum absolute atomic E-state index is 11.9. The Bertz CT molecular complexity index is 622. The van der Waals surface area contributed by atoms with E-state index in [4.69, 9.17) is 9.26 Å². The molecule has 1 amide bonds. The van der Waals surface area contributed by atoms with E-state index in [-0.39, 0.29) is 29.1 Å². The second kappa shape index (κ2) is 4.47. The summed E-state index contributed by atoms with van der Waals surface area (Å²) in [6.45, 7) is 5.56. The molecule has 0 saturated heterocycles. The fraction of sp³-hybridized carbons (Fsp3) is 0.812. The minimum absolute atomic E-state index is 0.0668. The Morgan fingerprint density at radius 2 is 2.00 bits per heavy atom. The maximum atomic E-state index is 11.9. The van der Waals surface area contributed by atoms with Gasteiger partial charge >= 0.3 is 6.09 Å². The number of aliphatic hydroxyl groups is 1. The third-order valence-electron chi connectivity index (χ3n) is 5.17. The van der Waals surface area contributed by atoms with Crippen molar-refractivity contribution < 1.29 is 19.2 Å². The number of amides is 1. The zero-order chi connectivity index (χ0) is 16.5. The van der Waals surface area contributed by atoms with Crippen LogP contribution in [-0.4, -0.2) is 38.6 Å². The molecule has 1 heterocycles. The van der Waals surface area contributed by atoms with Crippen LogP contribution in [0.4, 0.5) is 4.79 Å². The number of rotatable bonds is 3. The van der Waals surface area contributed by atoms with Gasteiger partial charge in [0.25, 0.3) is 0 Å². The average Bonchev–Trinajstić information content (AvgIpc) is 2.74. The molecule has 4 aliphatic rings. The predicted molar refractivity (Wildman–Crippen MR) is 79.9 cm³/mol. The minimum Gasteiger partial charge on any atom is -0.444 e. The first-order valence-electron chi connectivity index (χ1n) is 8.22. The summed E-state index contributed by atoms with van der Waals surface area (Å²) in [5.41, 5.74) is -0.716. The van der Waals surface area contributed by atoms with Crippen LogP contribution in [0.5, 0.6) is 0 Å². The summed E-state index contributed by atoms with van der Waals surface area (Å²) < 4.78 is 10.8. The van der Waals surface area contributed by atoms with Gasteiger partial charge in [-0.25, -0.2) is 4.79 Å². The van der Waals surface area contributed by atoms with Crippen molar-refractivity contribution in [2.75, 3.05) is 0 Å². The van der Waals surface area contributed by atoms with E-state index < -0.39 is 5.60 Å². The van der Waals surface area contributed by atoms with Crippen LogP contribution in [0, 0.1) is 0 Å². The normalized spacial score (nSPS) is 38.1. The van der Waals surface area contributed by atoms with E-state index in [9.17, 15) is 9.90 Å². The first-order valence-corrected chi connectivity index (χ1v) is 8.22. The first-order chi connectivity index (χ1) is 10.7. The molecule has 7 heteroatoms. The first kappa shape index (κ1) is 14.9. The maximum Gasteiger partial charge on any atom is 0.408 e. The van der Waals surface area contributed by atoms with Gasteiger partial charge in [-0.1, -0.05) is 5.16 Å². The van der Waals surface area contributed by atoms with Crippen LogP contribution in [0.3, 0.4) is 0 Å². The second-order valence-corrected chi connectivity index (χ2v) is 8.50. The lowest BCUT2D eigenvalue weighted by atomic mass is 9.39. The third-order valence-corrected chi connectivity index (χ3v) is 5.17. The van der Waals surface area contributed by atoms with Crippen molar-refractivity contribution in [3.05, 3.63) is 11.7 Å². The Hall–Kier alpha value is -1.63. The number of nitrogens with one attached hydrogen (secondary N) is 1. The molecule has 0 radical (unpaired) electrons. The van der Waals surface area contributed by atoms with Gasteiger partial charge < -0.3 is 19.7 Å². The Morgan fingerprint density at radius 3 is 2.57 bits per heavy atom. The Balaban J connectivity index is 1.34. The molecule has 4 aliphatic carbocycles. The van der Waals surface area contributed by atoms with Crippen molar-refractivity contribution in [3.8, 4) is 0 Å². The third kappa shape index (κ3) is 2.41. The lowest BCUT2D eigenvalue weighted by Crippen LogP contribution is -2.77. The largest absolute Gasteiger partial charge is 0.444 e. The molecule has 2 bridgehead atoms. The number of aliphatic hydroxyl groups excluding tert-OH is 1. The number of hydrogen-bond acceptors (Lipinski definition) is 6. The van der Waals surface area contributed by atoms with Gasteiger partial charge in [-0.3, -0.25) is 0 Å². The van der Waals surface area contributed by atoms with Gasteiger partial charge in [0, 0.05) is 11.5 Å². The lowest BCUT2D eigenvalue weighted by molar-refractivity contribution is -0.105. The van der Waals surface area contributed by atoms with E-state index >= 15 is 0 Å². The Morgan fingerprint density at radius 1 is 1.35 bits per heavy atom. The van der Waals surface area contributed by atoms with Gasteiger partial charge in [0.1, 0.15) is 5.60 Å². The van der Waals surface area contributed by atoms with E-state index in [1.807, 2.05) is 20.8 Å². The van der Waals surface area contributed by atoms with Crippen molar-refractivity contribution in [1.82, 2.24) is 15.5 Å². The Kier molecular flexibility index (Phi) is 2.90. The summed E-state index contributed by atoms with van der Waals surface area (Å²) in [4.78, 5) is 16.4. The summed E-state index contributed by atoms with van der Waals surface area (Å²) >= 11 is 0. The fourth-order valence-corrected chi connectivity index (χ4v) is 4.08. The van der Waals surface area contributed by atoms with Crippen molar-refractivity contribution in [2.24, 2.45) is 0 Å². The van der Waals surface area contributed by atoms with Crippen LogP contribution in [0.25, 0.3) is 0 Å². The molecule has 126 valence electrons. The topological polar surface area (TPSA) is 97.5 Å². The second-order valence-electron chi connectivity index (χ2n) is 8.50. The van der Waals surface area contributed by atoms with Crippen molar-refractivity contribution >= 4 is 6.09 Å². The van der Waals surface area contributed by atoms with Crippen LogP contribution in [-0.2, 0) is 10.2 Å². The van der Waals surface area contributed by atoms with Gasteiger partial charge in [0.2, 0.25) is 5.89 Å². The van der Waals surface area contributed by atoms with E-state index in [1.54, 1.807) is 0 Å². The number of hydrogen-bond donors (Lipinski definition) is 2. The van der Waals surface area contributed by atoms with E-state index in [1.165, 1.54) is 0 Å². The van der Waals surface area contributed by atoms with Crippen LogP contribution in [0.1, 0.15) is 70.5 Å². The highest BCUT2D eigenvalue weighted by molar-refractivity contribution is 5.70. The van der Waals surface area contributed by atoms with Gasteiger partial charge in [-0.05, 0) is 52.9 Å². The zero-order valence-corrected chi connectivity index (χ0v) is 13.8. The SMILES string of the molecule is CC(C)(C)OC(=O)NC12CC(c3nc([C@H]4C[C@@H](O)C4)no3)(C1)C2. The molecule has 0 atom stereocenters. The van der Waals surface area contributed by atoms with Gasteiger partial charge in [-0.2, -0.15) is 4.98 Å². The number of ether oxygens (including phenoxy) is 1. The smallest absolute Gasteiger partial charge is 0.408 e. The minimum atomic E-state index is -0.486. The molecular weight excluding hydrogens is 298 g/mol. The average molecular weight is 321 g/mol. The number of carbonyl (C=O) groups excluding carboxylic acids is 1. The molecule has 1 aromatic rings. The summed E-state index contributed by atoms with van der Waals surface area (Å²) in [5, 5.41) is 16.4. The number of alkyl carbamates (subject to hydrolysis) is 1. The molecule has 0 spiro atoms. The number of nitrogens with zero attached hydrogens (tertiary/aromatic N) is 2. The molecule has 0 unspecified atom stereocenters. The van der Waals surface area contributed by atoms with E-state index in [0.717, 1.165) is 32.1 Å². The predicted octanol–water partition coefficient (Wildman–Crippen LogP) is 2.01. The monoisotopic (exact) mass is 321 g/mol. The summed E-state index contributed by atoms with van der Waals surface area (Å²) in [6, 6.07) is 0. The molecular formula is C16H23N3O4. The summed E-state index contributed by atoms with van der Waals surface area (Å²) in [6.07, 6.45) is 3.33. The molecule has 1 aromatic heterocycles.